The third kappa shape index (κ3) is 5.84. The van der Waals surface area contributed by atoms with Gasteiger partial charge in [-0.3, -0.25) is 4.57 Å². The third-order valence-electron chi connectivity index (χ3n) is 3.53. The largest absolute Gasteiger partial charge is 0.382 e. The highest BCUT2D eigenvalue weighted by Gasteiger charge is 2.29. The maximum Gasteiger partial charge on any atom is 0.356 e. The normalized spacial score (nSPS) is 13.6. The van der Waals surface area contributed by atoms with E-state index >= 15 is 0 Å². The lowest BCUT2D eigenvalue weighted by molar-refractivity contribution is 0.0863. The van der Waals surface area contributed by atoms with Crippen LogP contribution in [0.25, 0.3) is 11.2 Å². The molecule has 0 aliphatic rings. The molecule has 0 amide bonds. The molecule has 1 unspecified atom stereocenters. The van der Waals surface area contributed by atoms with Crippen molar-refractivity contribution >= 4 is 24.6 Å². The first-order chi connectivity index (χ1) is 12.8. The summed E-state index contributed by atoms with van der Waals surface area (Å²) in [6, 6.07) is -0.160. The van der Waals surface area contributed by atoms with Crippen LogP contribution in [-0.4, -0.2) is 44.7 Å². The Bertz CT molecular complexity index is 794. The molecule has 2 heterocycles. The average molecular weight is 397 g/mol. The monoisotopic (exact) mass is 397 g/mol. The summed E-state index contributed by atoms with van der Waals surface area (Å²) < 4.78 is 31.5. The molecule has 150 valence electrons. The number of hydrogen-bond donors (Lipinski definition) is 1. The van der Waals surface area contributed by atoms with Gasteiger partial charge < -0.3 is 24.1 Å². The molecule has 2 N–H and O–H groups in total. The van der Waals surface area contributed by atoms with Crippen molar-refractivity contribution < 1.29 is 18.3 Å². The van der Waals surface area contributed by atoms with Crippen LogP contribution in [-0.2, 0) is 18.3 Å². The summed E-state index contributed by atoms with van der Waals surface area (Å²) in [5.41, 5.74) is 7.12. The first-order valence-corrected chi connectivity index (χ1v) is 10.6. The standard InChI is InChI=1S/C17H28N5O4P/c1-6-7-14(22-10-21-17-15(22)16(18)19-9-20-17)8-24-11-27(23,25-12(2)3)26-13(4)5/h6,9-10,12-14H,1,7-8,11H2,2-5H3,(H2,18,19,20). The molecule has 0 aromatic carbocycles. The van der Waals surface area contributed by atoms with Gasteiger partial charge in [0.05, 0.1) is 31.2 Å². The van der Waals surface area contributed by atoms with Crippen LogP contribution in [0.5, 0.6) is 0 Å². The summed E-state index contributed by atoms with van der Waals surface area (Å²) in [4.78, 5) is 12.4. The molecule has 2 aromatic heterocycles. The molecule has 2 rings (SSSR count). The van der Waals surface area contributed by atoms with Crippen molar-refractivity contribution in [1.29, 1.82) is 0 Å². The molecular formula is C17H28N5O4P. The Morgan fingerprint density at radius 2 is 1.89 bits per heavy atom. The molecule has 1 atom stereocenters. The average Bonchev–Trinajstić information content (AvgIpc) is 2.97. The van der Waals surface area contributed by atoms with Gasteiger partial charge in [0, 0.05) is 0 Å². The zero-order valence-corrected chi connectivity index (χ0v) is 17.1. The molecule has 27 heavy (non-hydrogen) atoms. The fourth-order valence-electron chi connectivity index (χ4n) is 2.66. The van der Waals surface area contributed by atoms with E-state index in [0.29, 0.717) is 23.4 Å². The Labute approximate surface area is 159 Å². The van der Waals surface area contributed by atoms with Gasteiger partial charge in [-0.2, -0.15) is 0 Å². The van der Waals surface area contributed by atoms with E-state index in [2.05, 4.69) is 21.5 Å². The molecule has 0 spiro atoms. The van der Waals surface area contributed by atoms with Crippen molar-refractivity contribution in [1.82, 2.24) is 19.5 Å². The van der Waals surface area contributed by atoms with Crippen molar-refractivity contribution in [3.05, 3.63) is 25.3 Å². The summed E-state index contributed by atoms with van der Waals surface area (Å²) in [5, 5.41) is 0. The Morgan fingerprint density at radius 3 is 2.48 bits per heavy atom. The molecule has 2 aromatic rings. The number of nitrogen functional groups attached to an aromatic ring is 1. The minimum atomic E-state index is -3.36. The van der Waals surface area contributed by atoms with E-state index in [0.717, 1.165) is 0 Å². The maximum absolute atomic E-state index is 12.9. The van der Waals surface area contributed by atoms with Gasteiger partial charge in [-0.25, -0.2) is 15.0 Å². The molecule has 0 radical (unpaired) electrons. The molecule has 9 nitrogen and oxygen atoms in total. The van der Waals surface area contributed by atoms with Crippen LogP contribution in [0.3, 0.4) is 0 Å². The number of nitrogens with two attached hydrogens (primary N) is 1. The van der Waals surface area contributed by atoms with Crippen LogP contribution in [0, 0.1) is 0 Å². The van der Waals surface area contributed by atoms with E-state index in [1.807, 2.05) is 4.57 Å². The van der Waals surface area contributed by atoms with E-state index in [1.165, 1.54) is 6.33 Å². The Kier molecular flexibility index (Phi) is 7.49. The predicted octanol–water partition coefficient (Wildman–Crippen LogP) is 3.54. The van der Waals surface area contributed by atoms with Gasteiger partial charge in [0.15, 0.2) is 11.5 Å². The topological polar surface area (TPSA) is 114 Å². The highest BCUT2D eigenvalue weighted by molar-refractivity contribution is 7.53. The van der Waals surface area contributed by atoms with Crippen molar-refractivity contribution in [3.8, 4) is 0 Å². The zero-order valence-electron chi connectivity index (χ0n) is 16.2. The summed E-state index contributed by atoms with van der Waals surface area (Å²) in [6.07, 6.45) is 4.76. The Balaban J connectivity index is 2.14. The lowest BCUT2D eigenvalue weighted by Gasteiger charge is -2.24. The Morgan fingerprint density at radius 1 is 1.22 bits per heavy atom. The number of aromatic nitrogens is 4. The van der Waals surface area contributed by atoms with Crippen LogP contribution in [0.15, 0.2) is 25.3 Å². The minimum absolute atomic E-state index is 0.143. The SMILES string of the molecule is C=CCC(COCP(=O)(OC(C)C)OC(C)C)n1cnc2ncnc(N)c21. The minimum Gasteiger partial charge on any atom is -0.382 e. The smallest absolute Gasteiger partial charge is 0.356 e. The zero-order chi connectivity index (χ0) is 20.0. The lowest BCUT2D eigenvalue weighted by atomic mass is 10.2. The van der Waals surface area contributed by atoms with Gasteiger partial charge in [0.1, 0.15) is 18.2 Å². The van der Waals surface area contributed by atoms with Gasteiger partial charge in [0.25, 0.3) is 0 Å². The van der Waals surface area contributed by atoms with Crippen LogP contribution < -0.4 is 5.73 Å². The van der Waals surface area contributed by atoms with Crippen LogP contribution in [0.1, 0.15) is 40.2 Å². The molecule has 0 saturated heterocycles. The van der Waals surface area contributed by atoms with E-state index < -0.39 is 7.60 Å². The van der Waals surface area contributed by atoms with Gasteiger partial charge in [-0.05, 0) is 34.1 Å². The van der Waals surface area contributed by atoms with Gasteiger partial charge in [0.2, 0.25) is 0 Å². The lowest BCUT2D eigenvalue weighted by Crippen LogP contribution is -2.18. The molecule has 0 saturated carbocycles. The summed E-state index contributed by atoms with van der Waals surface area (Å²) in [7, 11) is -3.36. The molecule has 0 bridgehead atoms. The van der Waals surface area contributed by atoms with Gasteiger partial charge in [-0.15, -0.1) is 6.58 Å². The van der Waals surface area contributed by atoms with Crippen LogP contribution >= 0.6 is 7.60 Å². The fourth-order valence-corrected chi connectivity index (χ4v) is 4.44. The molecule has 0 aliphatic carbocycles. The number of rotatable bonds is 11. The second-order valence-corrected chi connectivity index (χ2v) is 8.58. The number of nitrogens with zero attached hydrogens (tertiary/aromatic N) is 4. The third-order valence-corrected chi connectivity index (χ3v) is 5.51. The number of allylic oxidation sites excluding steroid dienone is 1. The van der Waals surface area contributed by atoms with Crippen LogP contribution in [0.4, 0.5) is 5.82 Å². The number of ether oxygens (including phenoxy) is 1. The highest BCUT2D eigenvalue weighted by atomic mass is 31.2. The van der Waals surface area contributed by atoms with E-state index in [-0.39, 0.29) is 31.2 Å². The fraction of sp³-hybridized carbons (Fsp3) is 0.588. The van der Waals surface area contributed by atoms with Crippen molar-refractivity contribution in [2.24, 2.45) is 0 Å². The maximum atomic E-state index is 12.9. The van der Waals surface area contributed by atoms with Crippen molar-refractivity contribution in [3.63, 3.8) is 0 Å². The van der Waals surface area contributed by atoms with E-state index in [4.69, 9.17) is 19.5 Å². The van der Waals surface area contributed by atoms with Crippen molar-refractivity contribution in [2.75, 3.05) is 18.7 Å². The number of anilines is 1. The van der Waals surface area contributed by atoms with Gasteiger partial charge >= 0.3 is 7.60 Å². The second kappa shape index (κ2) is 9.41. The van der Waals surface area contributed by atoms with E-state index in [9.17, 15) is 4.57 Å². The number of fused-ring (bicyclic) bond motifs is 1. The number of hydrogen-bond acceptors (Lipinski definition) is 8. The quantitative estimate of drug-likeness (QED) is 0.452. The van der Waals surface area contributed by atoms with E-state index in [1.54, 1.807) is 40.1 Å². The van der Waals surface area contributed by atoms with Gasteiger partial charge in [-0.1, -0.05) is 6.08 Å². The highest BCUT2D eigenvalue weighted by Crippen LogP contribution is 2.50. The molecular weight excluding hydrogens is 369 g/mol. The predicted molar refractivity (Wildman–Crippen MR) is 104 cm³/mol. The molecule has 10 heteroatoms. The number of imidazole rings is 1. The Hall–Kier alpha value is -1.80. The second-order valence-electron chi connectivity index (χ2n) is 6.68. The first kappa shape index (κ1) is 21.5. The molecule has 0 fully saturated rings. The summed E-state index contributed by atoms with van der Waals surface area (Å²) >= 11 is 0. The first-order valence-electron chi connectivity index (χ1n) is 8.83. The molecule has 0 aliphatic heterocycles. The van der Waals surface area contributed by atoms with Crippen LogP contribution in [0.2, 0.25) is 0 Å². The summed E-state index contributed by atoms with van der Waals surface area (Å²) in [6.45, 7) is 11.3. The van der Waals surface area contributed by atoms with Crippen molar-refractivity contribution in [2.45, 2.75) is 52.4 Å². The summed E-state index contributed by atoms with van der Waals surface area (Å²) in [5.74, 6) is 0.337.